The third-order valence-electron chi connectivity index (χ3n) is 2.50. The van der Waals surface area contributed by atoms with Crippen molar-refractivity contribution in [2.75, 3.05) is 12.3 Å². The zero-order chi connectivity index (χ0) is 8.97. The lowest BCUT2D eigenvalue weighted by Gasteiger charge is -2.16. The maximum Gasteiger partial charge on any atom is 0.0199 e. The molecule has 0 heterocycles. The number of thioether (sulfide) groups is 1. The Labute approximate surface area is 79.5 Å². The Kier molecular flexibility index (Phi) is 4.40. The minimum atomic E-state index is 0.444. The molecule has 12 heavy (non-hydrogen) atoms. The first kappa shape index (κ1) is 10.4. The Hall–Kier alpha value is 0.270. The van der Waals surface area contributed by atoms with Gasteiger partial charge in [-0.1, -0.05) is 13.3 Å². The van der Waals surface area contributed by atoms with Crippen molar-refractivity contribution in [1.82, 2.24) is 0 Å². The lowest BCUT2D eigenvalue weighted by molar-refractivity contribution is 0.667. The molecule has 4 N–H and O–H groups in total. The Balaban J connectivity index is 2.13. The smallest absolute Gasteiger partial charge is 0.0199 e. The van der Waals surface area contributed by atoms with E-state index < -0.39 is 0 Å². The van der Waals surface area contributed by atoms with Crippen LogP contribution < -0.4 is 11.5 Å². The van der Waals surface area contributed by atoms with Crippen LogP contribution in [0.25, 0.3) is 0 Å². The van der Waals surface area contributed by atoms with Gasteiger partial charge in [0.1, 0.15) is 0 Å². The Morgan fingerprint density at radius 2 is 2.25 bits per heavy atom. The third kappa shape index (κ3) is 2.96. The highest BCUT2D eigenvalue weighted by Gasteiger charge is 2.24. The molecule has 1 aliphatic carbocycles. The second-order valence-corrected chi connectivity index (χ2v) is 5.08. The molecule has 0 bridgehead atoms. The molecule has 1 saturated carbocycles. The highest BCUT2D eigenvalue weighted by molar-refractivity contribution is 7.99. The lowest BCUT2D eigenvalue weighted by atomic mass is 10.2. The molecule has 0 aromatic carbocycles. The minimum absolute atomic E-state index is 0.444. The number of nitrogens with two attached hydrogens (primary N) is 2. The summed E-state index contributed by atoms with van der Waals surface area (Å²) in [5, 5.41) is 0.707. The molecule has 1 fully saturated rings. The van der Waals surface area contributed by atoms with Gasteiger partial charge in [0.2, 0.25) is 0 Å². The van der Waals surface area contributed by atoms with Crippen LogP contribution in [0.3, 0.4) is 0 Å². The predicted molar refractivity (Wildman–Crippen MR) is 56.3 cm³/mol. The second kappa shape index (κ2) is 5.10. The van der Waals surface area contributed by atoms with Crippen LogP contribution in [0.15, 0.2) is 0 Å². The predicted octanol–water partition coefficient (Wildman–Crippen LogP) is 1.19. The van der Waals surface area contributed by atoms with Gasteiger partial charge in [0, 0.05) is 11.3 Å². The van der Waals surface area contributed by atoms with E-state index in [4.69, 9.17) is 11.5 Å². The molecule has 0 aliphatic heterocycles. The Morgan fingerprint density at radius 1 is 1.50 bits per heavy atom. The van der Waals surface area contributed by atoms with Gasteiger partial charge in [0.25, 0.3) is 0 Å². The quantitative estimate of drug-likeness (QED) is 0.697. The van der Waals surface area contributed by atoms with Gasteiger partial charge in [-0.15, -0.1) is 0 Å². The fourth-order valence-corrected chi connectivity index (χ4v) is 2.95. The van der Waals surface area contributed by atoms with Crippen molar-refractivity contribution in [2.24, 2.45) is 17.4 Å². The van der Waals surface area contributed by atoms with E-state index in [0.717, 1.165) is 6.54 Å². The molecule has 0 aromatic heterocycles. The fourth-order valence-electron chi connectivity index (χ4n) is 1.52. The molecule has 72 valence electrons. The van der Waals surface area contributed by atoms with E-state index in [9.17, 15) is 0 Å². The standard InChI is InChI=1S/C9H20N2S/c1-7(5-10)6-12-9-4-2-3-8(9)11/h7-9H,2-6,10-11H2,1H3. The monoisotopic (exact) mass is 188 g/mol. The van der Waals surface area contributed by atoms with Crippen molar-refractivity contribution in [1.29, 1.82) is 0 Å². The van der Waals surface area contributed by atoms with Crippen LogP contribution in [0.5, 0.6) is 0 Å². The van der Waals surface area contributed by atoms with Crippen LogP contribution in [0.4, 0.5) is 0 Å². The summed E-state index contributed by atoms with van der Waals surface area (Å²) < 4.78 is 0. The van der Waals surface area contributed by atoms with Gasteiger partial charge >= 0.3 is 0 Å². The van der Waals surface area contributed by atoms with Crippen LogP contribution in [0.2, 0.25) is 0 Å². The highest BCUT2D eigenvalue weighted by atomic mass is 32.2. The molecular formula is C9H20N2S. The number of hydrogen-bond donors (Lipinski definition) is 2. The van der Waals surface area contributed by atoms with Gasteiger partial charge < -0.3 is 11.5 Å². The van der Waals surface area contributed by atoms with Crippen LogP contribution in [-0.2, 0) is 0 Å². The van der Waals surface area contributed by atoms with Crippen LogP contribution in [0.1, 0.15) is 26.2 Å². The van der Waals surface area contributed by atoms with Gasteiger partial charge in [-0.2, -0.15) is 11.8 Å². The third-order valence-corrected chi connectivity index (χ3v) is 4.28. The van der Waals surface area contributed by atoms with E-state index in [2.05, 4.69) is 6.92 Å². The maximum atomic E-state index is 5.95. The summed E-state index contributed by atoms with van der Waals surface area (Å²) in [7, 11) is 0. The molecule has 3 atom stereocenters. The summed E-state index contributed by atoms with van der Waals surface area (Å²) in [4.78, 5) is 0. The van der Waals surface area contributed by atoms with Gasteiger partial charge in [-0.05, 0) is 31.1 Å². The van der Waals surface area contributed by atoms with E-state index >= 15 is 0 Å². The SMILES string of the molecule is CC(CN)CSC1CCCC1N. The molecule has 3 unspecified atom stereocenters. The summed E-state index contributed by atoms with van der Waals surface area (Å²) in [6, 6.07) is 0.444. The minimum Gasteiger partial charge on any atom is -0.330 e. The first-order valence-corrected chi connectivity index (χ1v) is 5.86. The molecule has 0 spiro atoms. The molecule has 1 rings (SSSR count). The Bertz CT molecular complexity index is 130. The maximum absolute atomic E-state index is 5.95. The molecule has 1 aliphatic rings. The van der Waals surface area contributed by atoms with Crippen molar-refractivity contribution in [2.45, 2.75) is 37.5 Å². The average Bonchev–Trinajstić information content (AvgIpc) is 2.47. The normalized spacial score (nSPS) is 32.2. The molecule has 3 heteroatoms. The first-order valence-electron chi connectivity index (χ1n) is 4.81. The zero-order valence-corrected chi connectivity index (χ0v) is 8.65. The fraction of sp³-hybridized carbons (Fsp3) is 1.00. The molecule has 0 aromatic rings. The van der Waals surface area contributed by atoms with Gasteiger partial charge in [-0.25, -0.2) is 0 Å². The summed E-state index contributed by atoms with van der Waals surface area (Å²) in [5.74, 6) is 1.82. The van der Waals surface area contributed by atoms with Crippen LogP contribution in [-0.4, -0.2) is 23.6 Å². The summed E-state index contributed by atoms with van der Waals surface area (Å²) >= 11 is 2.02. The number of rotatable bonds is 4. The van der Waals surface area contributed by atoms with Crippen molar-refractivity contribution >= 4 is 11.8 Å². The van der Waals surface area contributed by atoms with Crippen molar-refractivity contribution in [3.05, 3.63) is 0 Å². The molecule has 0 saturated heterocycles. The van der Waals surface area contributed by atoms with Gasteiger partial charge in [0.15, 0.2) is 0 Å². The summed E-state index contributed by atoms with van der Waals surface area (Å²) in [5.41, 5.74) is 11.5. The number of hydrogen-bond acceptors (Lipinski definition) is 3. The molecular weight excluding hydrogens is 168 g/mol. The lowest BCUT2D eigenvalue weighted by Crippen LogP contribution is -2.27. The molecule has 2 nitrogen and oxygen atoms in total. The van der Waals surface area contributed by atoms with E-state index in [-0.39, 0.29) is 0 Å². The summed E-state index contributed by atoms with van der Waals surface area (Å²) in [6.45, 7) is 3.00. The van der Waals surface area contributed by atoms with Crippen molar-refractivity contribution < 1.29 is 0 Å². The van der Waals surface area contributed by atoms with Crippen molar-refractivity contribution in [3.8, 4) is 0 Å². The van der Waals surface area contributed by atoms with Crippen LogP contribution >= 0.6 is 11.8 Å². The Morgan fingerprint density at radius 3 is 2.75 bits per heavy atom. The molecule has 0 amide bonds. The first-order chi connectivity index (χ1) is 5.74. The summed E-state index contributed by atoms with van der Waals surface area (Å²) in [6.07, 6.45) is 3.84. The van der Waals surface area contributed by atoms with Crippen molar-refractivity contribution in [3.63, 3.8) is 0 Å². The zero-order valence-electron chi connectivity index (χ0n) is 7.83. The largest absolute Gasteiger partial charge is 0.330 e. The second-order valence-electron chi connectivity index (χ2n) is 3.81. The van der Waals surface area contributed by atoms with E-state index in [0.29, 0.717) is 17.2 Å². The molecule has 0 radical (unpaired) electrons. The highest BCUT2D eigenvalue weighted by Crippen LogP contribution is 2.29. The van der Waals surface area contributed by atoms with E-state index in [1.165, 1.54) is 25.0 Å². The van der Waals surface area contributed by atoms with E-state index in [1.807, 2.05) is 11.8 Å². The van der Waals surface area contributed by atoms with E-state index in [1.54, 1.807) is 0 Å². The van der Waals surface area contributed by atoms with Gasteiger partial charge in [0.05, 0.1) is 0 Å². The topological polar surface area (TPSA) is 52.0 Å². The van der Waals surface area contributed by atoms with Gasteiger partial charge in [-0.3, -0.25) is 0 Å². The van der Waals surface area contributed by atoms with Crippen LogP contribution in [0, 0.1) is 5.92 Å². The average molecular weight is 188 g/mol.